The topological polar surface area (TPSA) is 43.8 Å². The Morgan fingerprint density at radius 1 is 1.30 bits per heavy atom. The maximum atomic E-state index is 10.8. The van der Waals surface area contributed by atoms with Crippen molar-refractivity contribution in [2.75, 3.05) is 39.0 Å². The van der Waals surface area contributed by atoms with Crippen LogP contribution in [0.2, 0.25) is 0 Å². The number of nitrogens with zero attached hydrogens (tertiary/aromatic N) is 2. The highest BCUT2D eigenvalue weighted by atomic mass is 35.5. The molecule has 0 radical (unpaired) electrons. The first kappa shape index (κ1) is 20.3. The summed E-state index contributed by atoms with van der Waals surface area (Å²) >= 11 is 1.91. The molecule has 23 heavy (non-hydrogen) atoms. The van der Waals surface area contributed by atoms with Gasteiger partial charge in [-0.2, -0.15) is 0 Å². The number of hydrogen-bond acceptors (Lipinski definition) is 4. The molecule has 1 heterocycles. The van der Waals surface area contributed by atoms with Gasteiger partial charge in [-0.15, -0.1) is 24.2 Å². The summed E-state index contributed by atoms with van der Waals surface area (Å²) in [7, 11) is 1.93. The van der Waals surface area contributed by atoms with Crippen LogP contribution in [0, 0.1) is 0 Å². The fourth-order valence-electron chi connectivity index (χ4n) is 2.95. The number of aliphatic carboxylic acids is 1. The molecule has 1 aromatic carbocycles. The van der Waals surface area contributed by atoms with Gasteiger partial charge in [-0.05, 0) is 51.5 Å². The molecule has 1 aromatic rings. The van der Waals surface area contributed by atoms with Crippen LogP contribution in [0.15, 0.2) is 35.2 Å². The lowest BCUT2D eigenvalue weighted by atomic mass is 10.1. The highest BCUT2D eigenvalue weighted by molar-refractivity contribution is 7.99. The van der Waals surface area contributed by atoms with E-state index >= 15 is 0 Å². The largest absolute Gasteiger partial charge is 0.480 e. The molecule has 0 bridgehead atoms. The van der Waals surface area contributed by atoms with E-state index in [9.17, 15) is 4.79 Å². The molecule has 1 saturated heterocycles. The van der Waals surface area contributed by atoms with Gasteiger partial charge >= 0.3 is 5.97 Å². The molecule has 1 unspecified atom stereocenters. The molecule has 0 saturated carbocycles. The number of halogens is 1. The first-order valence-corrected chi connectivity index (χ1v) is 8.96. The van der Waals surface area contributed by atoms with E-state index in [-0.39, 0.29) is 19.0 Å². The van der Waals surface area contributed by atoms with Crippen molar-refractivity contribution in [3.8, 4) is 0 Å². The van der Waals surface area contributed by atoms with Gasteiger partial charge in [-0.3, -0.25) is 9.69 Å². The van der Waals surface area contributed by atoms with Crippen LogP contribution in [0.25, 0.3) is 0 Å². The summed E-state index contributed by atoms with van der Waals surface area (Å²) in [5.41, 5.74) is 0. The van der Waals surface area contributed by atoms with Crippen molar-refractivity contribution < 1.29 is 9.90 Å². The van der Waals surface area contributed by atoms with E-state index in [4.69, 9.17) is 5.11 Å². The number of benzene rings is 1. The van der Waals surface area contributed by atoms with Gasteiger partial charge in [0.1, 0.15) is 0 Å². The van der Waals surface area contributed by atoms with Crippen LogP contribution < -0.4 is 0 Å². The SMILES string of the molecule is CN(CC(=O)O)C1CCCN(CCSc2ccccc2)CC1.Cl. The summed E-state index contributed by atoms with van der Waals surface area (Å²) in [6.45, 7) is 3.46. The minimum Gasteiger partial charge on any atom is -0.480 e. The van der Waals surface area contributed by atoms with Crippen LogP contribution in [0.3, 0.4) is 0 Å². The zero-order valence-electron chi connectivity index (χ0n) is 13.7. The maximum Gasteiger partial charge on any atom is 0.317 e. The molecule has 1 N–H and O–H groups in total. The monoisotopic (exact) mass is 358 g/mol. The van der Waals surface area contributed by atoms with Gasteiger partial charge in [0.25, 0.3) is 0 Å². The van der Waals surface area contributed by atoms with Crippen LogP contribution in [0.1, 0.15) is 19.3 Å². The fraction of sp³-hybridized carbons (Fsp3) is 0.588. The average molecular weight is 359 g/mol. The van der Waals surface area contributed by atoms with Crippen molar-refractivity contribution in [1.29, 1.82) is 0 Å². The Bertz CT molecular complexity index is 461. The standard InChI is InChI=1S/C17H26N2O2S.ClH/c1-18(14-17(20)21)15-6-5-10-19(11-9-15)12-13-22-16-7-3-2-4-8-16;/h2-4,7-8,15H,5-6,9-14H2,1H3,(H,20,21);1H. The summed E-state index contributed by atoms with van der Waals surface area (Å²) in [6, 6.07) is 10.9. The number of hydrogen-bond donors (Lipinski definition) is 1. The molecule has 1 atom stereocenters. The van der Waals surface area contributed by atoms with Gasteiger partial charge in [0.2, 0.25) is 0 Å². The third kappa shape index (κ3) is 7.57. The molecule has 0 aliphatic carbocycles. The lowest BCUT2D eigenvalue weighted by Gasteiger charge is -2.25. The van der Waals surface area contributed by atoms with Gasteiger partial charge in [-0.1, -0.05) is 18.2 Å². The molecule has 4 nitrogen and oxygen atoms in total. The van der Waals surface area contributed by atoms with Crippen LogP contribution in [-0.4, -0.2) is 65.9 Å². The highest BCUT2D eigenvalue weighted by Gasteiger charge is 2.21. The first-order valence-electron chi connectivity index (χ1n) is 7.97. The molecule has 0 spiro atoms. The van der Waals surface area contributed by atoms with Crippen molar-refractivity contribution in [2.24, 2.45) is 0 Å². The Morgan fingerprint density at radius 2 is 2.04 bits per heavy atom. The van der Waals surface area contributed by atoms with Gasteiger partial charge < -0.3 is 10.0 Å². The zero-order valence-corrected chi connectivity index (χ0v) is 15.3. The molecule has 1 aliphatic heterocycles. The van der Waals surface area contributed by atoms with Crippen LogP contribution in [-0.2, 0) is 4.79 Å². The van der Waals surface area contributed by atoms with E-state index in [0.29, 0.717) is 6.04 Å². The summed E-state index contributed by atoms with van der Waals surface area (Å²) in [5, 5.41) is 8.91. The molecular weight excluding hydrogens is 332 g/mol. The van der Waals surface area contributed by atoms with Gasteiger partial charge in [0.15, 0.2) is 0 Å². The van der Waals surface area contributed by atoms with E-state index in [1.807, 2.05) is 29.8 Å². The van der Waals surface area contributed by atoms with E-state index in [2.05, 4.69) is 29.2 Å². The Morgan fingerprint density at radius 3 is 2.74 bits per heavy atom. The molecule has 0 amide bonds. The highest BCUT2D eigenvalue weighted by Crippen LogP contribution is 2.19. The normalized spacial score (nSPS) is 19.1. The predicted octanol–water partition coefficient (Wildman–Crippen LogP) is 3.07. The van der Waals surface area contributed by atoms with Gasteiger partial charge in [0.05, 0.1) is 6.54 Å². The Kier molecular flexibility index (Phi) is 9.63. The number of rotatable bonds is 7. The number of likely N-dealkylation sites (N-methyl/N-ethyl adjacent to an activating group) is 1. The van der Waals surface area contributed by atoms with Crippen LogP contribution >= 0.6 is 24.2 Å². The summed E-state index contributed by atoms with van der Waals surface area (Å²) in [6.07, 6.45) is 3.33. The summed E-state index contributed by atoms with van der Waals surface area (Å²) < 4.78 is 0. The van der Waals surface area contributed by atoms with Crippen molar-refractivity contribution in [3.05, 3.63) is 30.3 Å². The van der Waals surface area contributed by atoms with E-state index in [1.54, 1.807) is 0 Å². The molecule has 0 aromatic heterocycles. The van der Waals surface area contributed by atoms with Crippen molar-refractivity contribution in [3.63, 3.8) is 0 Å². The van der Waals surface area contributed by atoms with Gasteiger partial charge in [-0.25, -0.2) is 0 Å². The molecule has 6 heteroatoms. The third-order valence-electron chi connectivity index (χ3n) is 4.22. The minimum absolute atomic E-state index is 0. The second-order valence-electron chi connectivity index (χ2n) is 5.90. The smallest absolute Gasteiger partial charge is 0.317 e. The van der Waals surface area contributed by atoms with Crippen molar-refractivity contribution >= 4 is 30.1 Å². The lowest BCUT2D eigenvalue weighted by Crippen LogP contribution is -2.36. The van der Waals surface area contributed by atoms with Crippen LogP contribution in [0.4, 0.5) is 0 Å². The molecule has 130 valence electrons. The molecular formula is C17H27ClN2O2S. The van der Waals surface area contributed by atoms with Crippen LogP contribution in [0.5, 0.6) is 0 Å². The number of likely N-dealkylation sites (tertiary alicyclic amines) is 1. The fourth-order valence-corrected chi connectivity index (χ4v) is 3.89. The maximum absolute atomic E-state index is 10.8. The Hall–Kier alpha value is -0.750. The lowest BCUT2D eigenvalue weighted by molar-refractivity contribution is -0.138. The first-order chi connectivity index (χ1) is 10.6. The number of carboxylic acids is 1. The van der Waals surface area contributed by atoms with Crippen molar-refractivity contribution in [2.45, 2.75) is 30.2 Å². The number of carboxylic acid groups (broad SMARTS) is 1. The van der Waals surface area contributed by atoms with E-state index in [0.717, 1.165) is 44.6 Å². The minimum atomic E-state index is -0.733. The van der Waals surface area contributed by atoms with E-state index < -0.39 is 5.97 Å². The Balaban J connectivity index is 0.00000264. The summed E-state index contributed by atoms with van der Waals surface area (Å²) in [5.74, 6) is 0.377. The Labute approximate surface area is 149 Å². The quantitative estimate of drug-likeness (QED) is 0.759. The number of thioether (sulfide) groups is 1. The van der Waals surface area contributed by atoms with Crippen molar-refractivity contribution in [1.82, 2.24) is 9.80 Å². The molecule has 1 aliphatic rings. The average Bonchev–Trinajstić information content (AvgIpc) is 2.73. The second kappa shape index (κ2) is 10.9. The summed E-state index contributed by atoms with van der Waals surface area (Å²) in [4.78, 5) is 16.7. The second-order valence-corrected chi connectivity index (χ2v) is 7.07. The van der Waals surface area contributed by atoms with E-state index in [1.165, 1.54) is 4.90 Å². The zero-order chi connectivity index (χ0) is 15.8. The third-order valence-corrected chi connectivity index (χ3v) is 5.21. The number of carbonyl (C=O) groups is 1. The predicted molar refractivity (Wildman–Crippen MR) is 98.8 cm³/mol. The van der Waals surface area contributed by atoms with Gasteiger partial charge in [0, 0.05) is 23.2 Å². The molecule has 2 rings (SSSR count). The molecule has 1 fully saturated rings.